The number of ether oxygens (including phenoxy) is 1. The number of benzene rings is 1. The summed E-state index contributed by atoms with van der Waals surface area (Å²) in [5.41, 5.74) is 0.735. The van der Waals surface area contributed by atoms with Crippen LogP contribution >= 0.6 is 11.6 Å². The van der Waals surface area contributed by atoms with E-state index in [1.165, 1.54) is 6.08 Å². The fraction of sp³-hybridized carbons (Fsp3) is 0.412. The summed E-state index contributed by atoms with van der Waals surface area (Å²) in [6, 6.07) is 8.84. The Morgan fingerprint density at radius 1 is 1.27 bits per heavy atom. The molecule has 1 aromatic carbocycles. The van der Waals surface area contributed by atoms with Crippen molar-refractivity contribution >= 4 is 23.5 Å². The Morgan fingerprint density at radius 2 is 1.91 bits per heavy atom. The van der Waals surface area contributed by atoms with Crippen LogP contribution in [0.15, 0.2) is 42.5 Å². The van der Waals surface area contributed by atoms with Gasteiger partial charge in [-0.05, 0) is 18.4 Å². The Balaban J connectivity index is 2.70. The van der Waals surface area contributed by atoms with Crippen LogP contribution in [0.2, 0.25) is 0 Å². The van der Waals surface area contributed by atoms with Crippen molar-refractivity contribution in [2.24, 2.45) is 5.92 Å². The molecular formula is C17H22ClNO3. The first-order chi connectivity index (χ1) is 10.5. The average Bonchev–Trinajstić information content (AvgIpc) is 2.51. The summed E-state index contributed by atoms with van der Waals surface area (Å²) < 4.78 is 4.83. The zero-order valence-electron chi connectivity index (χ0n) is 13.1. The normalized spacial score (nSPS) is 13.9. The molecule has 0 saturated heterocycles. The van der Waals surface area contributed by atoms with Gasteiger partial charge in [0, 0.05) is 12.1 Å². The largest absolute Gasteiger partial charge is 0.463 e. The number of nitrogens with one attached hydrogen (secondary N) is 1. The van der Waals surface area contributed by atoms with Gasteiger partial charge in [0.25, 0.3) is 0 Å². The molecular weight excluding hydrogens is 302 g/mol. The number of amides is 1. The van der Waals surface area contributed by atoms with Crippen LogP contribution < -0.4 is 5.32 Å². The third kappa shape index (κ3) is 5.90. The smallest absolute Gasteiger partial charge is 0.330 e. The van der Waals surface area contributed by atoms with E-state index < -0.39 is 11.3 Å². The summed E-state index contributed by atoms with van der Waals surface area (Å²) in [5, 5.41) is 2.08. The molecule has 0 heterocycles. The van der Waals surface area contributed by atoms with Gasteiger partial charge in [-0.25, -0.2) is 4.79 Å². The molecule has 1 rings (SSSR count). The quantitative estimate of drug-likeness (QED) is 0.476. The van der Waals surface area contributed by atoms with Crippen LogP contribution in [0.4, 0.5) is 0 Å². The van der Waals surface area contributed by atoms with E-state index in [0.29, 0.717) is 6.61 Å². The second-order valence-corrected chi connectivity index (χ2v) is 5.60. The Hall–Kier alpha value is -1.81. The van der Waals surface area contributed by atoms with E-state index in [0.717, 1.165) is 5.56 Å². The zero-order valence-corrected chi connectivity index (χ0v) is 13.8. The molecule has 5 heteroatoms. The maximum atomic E-state index is 12.2. The third-order valence-electron chi connectivity index (χ3n) is 3.08. The topological polar surface area (TPSA) is 55.4 Å². The summed E-state index contributed by atoms with van der Waals surface area (Å²) in [6.45, 7) is 5.96. The van der Waals surface area contributed by atoms with E-state index in [1.807, 2.05) is 32.0 Å². The minimum absolute atomic E-state index is 0.120. The summed E-state index contributed by atoms with van der Waals surface area (Å²) in [7, 11) is 0. The van der Waals surface area contributed by atoms with Gasteiger partial charge in [-0.3, -0.25) is 4.79 Å². The Kier molecular flexibility index (Phi) is 7.67. The predicted octanol–water partition coefficient (Wildman–Crippen LogP) is 3.23. The van der Waals surface area contributed by atoms with E-state index in [2.05, 4.69) is 5.32 Å². The first kappa shape index (κ1) is 18.2. The van der Waals surface area contributed by atoms with Crippen molar-refractivity contribution < 1.29 is 14.3 Å². The van der Waals surface area contributed by atoms with Crippen molar-refractivity contribution in [3.05, 3.63) is 48.0 Å². The lowest BCUT2D eigenvalue weighted by Gasteiger charge is -2.20. The van der Waals surface area contributed by atoms with Crippen LogP contribution in [0.5, 0.6) is 0 Å². The van der Waals surface area contributed by atoms with E-state index in [9.17, 15) is 9.59 Å². The van der Waals surface area contributed by atoms with Gasteiger partial charge in [-0.1, -0.05) is 50.3 Å². The molecule has 2 atom stereocenters. The maximum Gasteiger partial charge on any atom is 0.330 e. The van der Waals surface area contributed by atoms with Crippen molar-refractivity contribution in [3.8, 4) is 0 Å². The van der Waals surface area contributed by atoms with E-state index in [4.69, 9.17) is 16.3 Å². The Bertz CT molecular complexity index is 514. The molecule has 1 unspecified atom stereocenters. The highest BCUT2D eigenvalue weighted by atomic mass is 35.5. The molecule has 1 N–H and O–H groups in total. The fourth-order valence-electron chi connectivity index (χ4n) is 1.82. The van der Waals surface area contributed by atoms with Crippen LogP contribution in [-0.2, 0) is 14.3 Å². The molecule has 0 aliphatic carbocycles. The molecule has 0 aliphatic heterocycles. The third-order valence-corrected chi connectivity index (χ3v) is 3.53. The molecule has 0 aliphatic rings. The summed E-state index contributed by atoms with van der Waals surface area (Å²) in [6.07, 6.45) is 2.97. The molecule has 0 spiro atoms. The van der Waals surface area contributed by atoms with E-state index >= 15 is 0 Å². The molecule has 1 aromatic rings. The number of halogens is 1. The molecule has 22 heavy (non-hydrogen) atoms. The molecule has 0 aromatic heterocycles. The number of esters is 1. The molecule has 4 nitrogen and oxygen atoms in total. The second-order valence-electron chi connectivity index (χ2n) is 5.16. The molecule has 1 amide bonds. The molecule has 120 valence electrons. The Labute approximate surface area is 136 Å². The molecule has 0 bridgehead atoms. The van der Waals surface area contributed by atoms with Crippen LogP contribution in [0, 0.1) is 5.92 Å². The van der Waals surface area contributed by atoms with E-state index in [-0.39, 0.29) is 17.9 Å². The van der Waals surface area contributed by atoms with Gasteiger partial charge in [-0.15, -0.1) is 11.6 Å². The minimum Gasteiger partial charge on any atom is -0.463 e. The summed E-state index contributed by atoms with van der Waals surface area (Å²) >= 11 is 6.19. The molecule has 0 saturated carbocycles. The lowest BCUT2D eigenvalue weighted by atomic mass is 10.0. The van der Waals surface area contributed by atoms with Crippen LogP contribution in [-0.4, -0.2) is 24.5 Å². The van der Waals surface area contributed by atoms with Crippen LogP contribution in [0.1, 0.15) is 31.7 Å². The van der Waals surface area contributed by atoms with Gasteiger partial charge in [0.1, 0.15) is 5.38 Å². The summed E-state index contributed by atoms with van der Waals surface area (Å²) in [4.78, 5) is 23.6. The number of carbonyl (C=O) groups is 2. The van der Waals surface area contributed by atoms with E-state index in [1.54, 1.807) is 25.1 Å². The highest BCUT2D eigenvalue weighted by Gasteiger charge is 2.21. The standard InChI is InChI=1S/C17H22ClNO3/c1-4-22-15(20)11-10-14(12(2)3)19-17(21)16(18)13-8-6-5-7-9-13/h5-12,14,16H,4H2,1-3H3,(H,19,21)/b11-10+/t14-,16?/m1/s1. The van der Waals surface area contributed by atoms with Crippen molar-refractivity contribution in [2.45, 2.75) is 32.2 Å². The highest BCUT2D eigenvalue weighted by molar-refractivity contribution is 6.30. The fourth-order valence-corrected chi connectivity index (χ4v) is 2.03. The van der Waals surface area contributed by atoms with Gasteiger partial charge >= 0.3 is 5.97 Å². The monoisotopic (exact) mass is 323 g/mol. The number of rotatable bonds is 7. The van der Waals surface area contributed by atoms with Crippen molar-refractivity contribution in [1.82, 2.24) is 5.32 Å². The molecule has 0 fully saturated rings. The zero-order chi connectivity index (χ0) is 16.5. The Morgan fingerprint density at radius 3 is 2.45 bits per heavy atom. The average molecular weight is 324 g/mol. The van der Waals surface area contributed by atoms with Gasteiger partial charge in [-0.2, -0.15) is 0 Å². The highest BCUT2D eigenvalue weighted by Crippen LogP contribution is 2.20. The number of hydrogen-bond donors (Lipinski definition) is 1. The molecule has 0 radical (unpaired) electrons. The van der Waals surface area contributed by atoms with Gasteiger partial charge in [0.2, 0.25) is 5.91 Å². The first-order valence-corrected chi connectivity index (χ1v) is 7.73. The second kappa shape index (κ2) is 9.26. The predicted molar refractivity (Wildman–Crippen MR) is 87.6 cm³/mol. The van der Waals surface area contributed by atoms with Gasteiger partial charge < -0.3 is 10.1 Å². The SMILES string of the molecule is CCOC(=O)/C=C/[C@@H](NC(=O)C(Cl)c1ccccc1)C(C)C. The lowest BCUT2D eigenvalue weighted by Crippen LogP contribution is -2.39. The maximum absolute atomic E-state index is 12.2. The number of carbonyl (C=O) groups excluding carboxylic acids is 2. The van der Waals surface area contributed by atoms with Crippen molar-refractivity contribution in [3.63, 3.8) is 0 Å². The van der Waals surface area contributed by atoms with Gasteiger partial charge in [0.05, 0.1) is 6.61 Å². The minimum atomic E-state index is -0.765. The van der Waals surface area contributed by atoms with Crippen LogP contribution in [0.25, 0.3) is 0 Å². The van der Waals surface area contributed by atoms with Crippen molar-refractivity contribution in [1.29, 1.82) is 0 Å². The summed E-state index contributed by atoms with van der Waals surface area (Å²) in [5.74, 6) is -0.595. The van der Waals surface area contributed by atoms with Crippen molar-refractivity contribution in [2.75, 3.05) is 6.61 Å². The van der Waals surface area contributed by atoms with Gasteiger partial charge in [0.15, 0.2) is 0 Å². The number of alkyl halides is 1. The van der Waals surface area contributed by atoms with Crippen LogP contribution in [0.3, 0.4) is 0 Å². The first-order valence-electron chi connectivity index (χ1n) is 7.30. The number of hydrogen-bond acceptors (Lipinski definition) is 3. The lowest BCUT2D eigenvalue weighted by molar-refractivity contribution is -0.137.